The maximum Gasteiger partial charge on any atom is 0.148 e. The van der Waals surface area contributed by atoms with Crippen LogP contribution in [0.1, 0.15) is 17.2 Å². The lowest BCUT2D eigenvalue weighted by molar-refractivity contribution is 0.413. The molecule has 106 valence electrons. The first kappa shape index (κ1) is 15.3. The van der Waals surface area contributed by atoms with Crippen LogP contribution in [0.25, 0.3) is 0 Å². The van der Waals surface area contributed by atoms with Crippen molar-refractivity contribution in [3.8, 4) is 5.75 Å². The Morgan fingerprint density at radius 1 is 1.30 bits per heavy atom. The van der Waals surface area contributed by atoms with E-state index in [1.807, 2.05) is 24.3 Å². The Bertz CT molecular complexity index is 621. The lowest BCUT2D eigenvalue weighted by Gasteiger charge is -2.19. The van der Waals surface area contributed by atoms with Gasteiger partial charge in [0.2, 0.25) is 0 Å². The number of ether oxygens (including phenoxy) is 1. The summed E-state index contributed by atoms with van der Waals surface area (Å²) in [6.45, 7) is 0. The van der Waals surface area contributed by atoms with E-state index in [0.29, 0.717) is 10.0 Å². The summed E-state index contributed by atoms with van der Waals surface area (Å²) in [4.78, 5) is 0. The fourth-order valence-corrected chi connectivity index (χ4v) is 2.56. The highest BCUT2D eigenvalue weighted by molar-refractivity contribution is 9.10. The highest BCUT2D eigenvalue weighted by Crippen LogP contribution is 2.33. The zero-order valence-electron chi connectivity index (χ0n) is 11.1. The van der Waals surface area contributed by atoms with Gasteiger partial charge in [-0.2, -0.15) is 0 Å². The lowest BCUT2D eigenvalue weighted by Crippen LogP contribution is -2.19. The van der Waals surface area contributed by atoms with E-state index in [-0.39, 0.29) is 11.1 Å². The predicted octanol–water partition coefficient (Wildman–Crippen LogP) is 4.56. The summed E-state index contributed by atoms with van der Waals surface area (Å²) in [7, 11) is 3.38. The quantitative estimate of drug-likeness (QED) is 0.809. The van der Waals surface area contributed by atoms with Crippen LogP contribution in [-0.2, 0) is 0 Å². The molecular weight excluding hydrogens is 345 g/mol. The molecule has 2 aromatic carbocycles. The normalized spacial score (nSPS) is 12.2. The third-order valence-corrected chi connectivity index (χ3v) is 4.35. The van der Waals surface area contributed by atoms with E-state index in [0.717, 1.165) is 11.3 Å². The predicted molar refractivity (Wildman–Crippen MR) is 83.0 cm³/mol. The van der Waals surface area contributed by atoms with Crippen molar-refractivity contribution in [2.45, 2.75) is 6.04 Å². The molecule has 0 aliphatic heterocycles. The van der Waals surface area contributed by atoms with Gasteiger partial charge in [-0.15, -0.1) is 0 Å². The fraction of sp³-hybridized carbons (Fsp3) is 0.200. The van der Waals surface area contributed by atoms with E-state index in [9.17, 15) is 4.39 Å². The minimum atomic E-state index is -0.428. The molecule has 2 nitrogen and oxygen atoms in total. The van der Waals surface area contributed by atoms with Gasteiger partial charge in [-0.25, -0.2) is 4.39 Å². The minimum Gasteiger partial charge on any atom is -0.497 e. The summed E-state index contributed by atoms with van der Waals surface area (Å²) in [5.74, 6) is 0.301. The van der Waals surface area contributed by atoms with Crippen LogP contribution in [0.15, 0.2) is 40.9 Å². The van der Waals surface area contributed by atoms with Crippen LogP contribution in [-0.4, -0.2) is 14.2 Å². The monoisotopic (exact) mass is 357 g/mol. The van der Waals surface area contributed by atoms with E-state index < -0.39 is 5.82 Å². The molecule has 0 radical (unpaired) electrons. The number of hydrogen-bond donors (Lipinski definition) is 1. The molecular formula is C15H14BrClFNO. The maximum absolute atomic E-state index is 14.3. The number of benzene rings is 2. The van der Waals surface area contributed by atoms with E-state index in [1.54, 1.807) is 26.3 Å². The molecule has 5 heteroatoms. The minimum absolute atomic E-state index is 0.0886. The number of rotatable bonds is 4. The second-order valence-corrected chi connectivity index (χ2v) is 5.50. The smallest absolute Gasteiger partial charge is 0.148 e. The average Bonchev–Trinajstić information content (AvgIpc) is 2.48. The largest absolute Gasteiger partial charge is 0.497 e. The van der Waals surface area contributed by atoms with Crippen LogP contribution in [0.4, 0.5) is 4.39 Å². The Morgan fingerprint density at radius 2 is 2.05 bits per heavy atom. The molecule has 0 amide bonds. The van der Waals surface area contributed by atoms with Crippen LogP contribution in [0, 0.1) is 5.82 Å². The van der Waals surface area contributed by atoms with Crippen LogP contribution in [0.2, 0.25) is 5.02 Å². The lowest BCUT2D eigenvalue weighted by atomic mass is 9.98. The van der Waals surface area contributed by atoms with Gasteiger partial charge in [0.1, 0.15) is 11.6 Å². The van der Waals surface area contributed by atoms with Crippen molar-refractivity contribution in [3.63, 3.8) is 0 Å². The molecule has 0 aromatic heterocycles. The molecule has 1 atom stereocenters. The Labute approximate surface area is 131 Å². The van der Waals surface area contributed by atoms with Crippen LogP contribution in [0.5, 0.6) is 5.75 Å². The summed E-state index contributed by atoms with van der Waals surface area (Å²) in [5.41, 5.74) is 1.40. The van der Waals surface area contributed by atoms with Gasteiger partial charge in [-0.1, -0.05) is 29.8 Å². The molecule has 0 aliphatic carbocycles. The van der Waals surface area contributed by atoms with Crippen LogP contribution in [0.3, 0.4) is 0 Å². The van der Waals surface area contributed by atoms with Crippen molar-refractivity contribution in [3.05, 3.63) is 62.8 Å². The maximum atomic E-state index is 14.3. The summed E-state index contributed by atoms with van der Waals surface area (Å²) < 4.78 is 20.1. The number of methoxy groups -OCH3 is 1. The first-order valence-corrected chi connectivity index (χ1v) is 7.20. The molecule has 2 aromatic rings. The Morgan fingerprint density at radius 3 is 2.70 bits per heavy atom. The number of hydrogen-bond acceptors (Lipinski definition) is 2. The summed E-state index contributed by atoms with van der Waals surface area (Å²) in [5, 5.41) is 3.19. The van der Waals surface area contributed by atoms with Gasteiger partial charge in [0.05, 0.1) is 18.2 Å². The summed E-state index contributed by atoms with van der Waals surface area (Å²) >= 11 is 9.17. The highest BCUT2D eigenvalue weighted by atomic mass is 79.9. The molecule has 20 heavy (non-hydrogen) atoms. The van der Waals surface area contributed by atoms with Gasteiger partial charge in [0.15, 0.2) is 0 Å². The molecule has 0 saturated carbocycles. The van der Waals surface area contributed by atoms with E-state index in [2.05, 4.69) is 21.2 Å². The second-order valence-electron chi connectivity index (χ2n) is 4.26. The van der Waals surface area contributed by atoms with Gasteiger partial charge in [-0.05, 0) is 46.7 Å². The third-order valence-electron chi connectivity index (χ3n) is 3.09. The standard InChI is InChI=1S/C15H14BrClFNO/c1-19-15(9-4-3-5-10(8-9)20-2)11-6-7-12(16)13(17)14(11)18/h3-8,15,19H,1-2H3. The van der Waals surface area contributed by atoms with E-state index >= 15 is 0 Å². The molecule has 0 fully saturated rings. The van der Waals surface area contributed by atoms with Gasteiger partial charge >= 0.3 is 0 Å². The third kappa shape index (κ3) is 2.97. The van der Waals surface area contributed by atoms with Crippen molar-refractivity contribution in [2.75, 3.05) is 14.2 Å². The van der Waals surface area contributed by atoms with Crippen molar-refractivity contribution in [1.82, 2.24) is 5.32 Å². The zero-order chi connectivity index (χ0) is 14.7. The summed E-state index contributed by atoms with van der Waals surface area (Å²) in [6, 6.07) is 10.7. The fourth-order valence-electron chi connectivity index (χ4n) is 2.09. The van der Waals surface area contributed by atoms with E-state index in [4.69, 9.17) is 16.3 Å². The molecule has 0 aliphatic rings. The molecule has 2 rings (SSSR count). The molecule has 0 saturated heterocycles. The van der Waals surface area contributed by atoms with Crippen molar-refractivity contribution < 1.29 is 9.13 Å². The first-order valence-electron chi connectivity index (χ1n) is 6.03. The van der Waals surface area contributed by atoms with E-state index in [1.165, 1.54) is 0 Å². The van der Waals surface area contributed by atoms with Gasteiger partial charge in [0.25, 0.3) is 0 Å². The Balaban J connectivity index is 2.49. The average molecular weight is 359 g/mol. The number of nitrogens with one attached hydrogen (secondary N) is 1. The second kappa shape index (κ2) is 6.57. The molecule has 0 bridgehead atoms. The zero-order valence-corrected chi connectivity index (χ0v) is 13.4. The topological polar surface area (TPSA) is 21.3 Å². The summed E-state index contributed by atoms with van der Waals surface area (Å²) in [6.07, 6.45) is 0. The SMILES string of the molecule is CNC(c1cccc(OC)c1)c1ccc(Br)c(Cl)c1F. The molecule has 1 unspecified atom stereocenters. The van der Waals surface area contributed by atoms with Gasteiger partial charge < -0.3 is 10.1 Å². The Kier molecular flexibility index (Phi) is 5.02. The number of halogens is 3. The molecule has 1 N–H and O–H groups in total. The molecule has 0 heterocycles. The highest BCUT2D eigenvalue weighted by Gasteiger charge is 2.19. The van der Waals surface area contributed by atoms with Crippen molar-refractivity contribution in [2.24, 2.45) is 0 Å². The van der Waals surface area contributed by atoms with Crippen LogP contribution < -0.4 is 10.1 Å². The first-order chi connectivity index (χ1) is 9.58. The van der Waals surface area contributed by atoms with Crippen molar-refractivity contribution >= 4 is 27.5 Å². The van der Waals surface area contributed by atoms with Crippen LogP contribution >= 0.6 is 27.5 Å². The van der Waals surface area contributed by atoms with Gasteiger partial charge in [0, 0.05) is 10.0 Å². The van der Waals surface area contributed by atoms with Crippen molar-refractivity contribution in [1.29, 1.82) is 0 Å². The van der Waals surface area contributed by atoms with Gasteiger partial charge in [-0.3, -0.25) is 0 Å². The Hall–Kier alpha value is -1.10. The molecule has 0 spiro atoms.